The summed E-state index contributed by atoms with van der Waals surface area (Å²) in [5.74, 6) is 0.887. The Morgan fingerprint density at radius 2 is 1.68 bits per heavy atom. The predicted molar refractivity (Wildman–Crippen MR) is 109 cm³/mol. The molecule has 1 aliphatic rings. The standard InChI is InChI=1S/C19H31N4O4P/c1-18(2,3)26-28(24,27-19(4,5)6)25-14-9-11-23(12-10-14)16-8-7-15-17(22-16)21-13-20-15/h7-8,13-14H,9-12H2,1-6H3,(H,20,21,22). The molecule has 2 aromatic heterocycles. The molecule has 2 aromatic rings. The van der Waals surface area contributed by atoms with Gasteiger partial charge in [0.1, 0.15) is 5.82 Å². The lowest BCUT2D eigenvalue weighted by atomic mass is 10.1. The van der Waals surface area contributed by atoms with Crippen LogP contribution in [0.4, 0.5) is 5.82 Å². The van der Waals surface area contributed by atoms with E-state index in [0.29, 0.717) is 18.5 Å². The van der Waals surface area contributed by atoms with Crippen LogP contribution in [-0.2, 0) is 18.1 Å². The summed E-state index contributed by atoms with van der Waals surface area (Å²) < 4.78 is 30.7. The minimum Gasteiger partial charge on any atom is -0.356 e. The van der Waals surface area contributed by atoms with Gasteiger partial charge in [0.05, 0.1) is 29.2 Å². The first-order valence-electron chi connectivity index (χ1n) is 9.68. The number of aromatic nitrogens is 3. The maximum atomic E-state index is 13.3. The van der Waals surface area contributed by atoms with E-state index in [1.807, 2.05) is 53.7 Å². The number of fused-ring (bicyclic) bond motifs is 1. The highest BCUT2D eigenvalue weighted by Gasteiger charge is 2.40. The molecule has 0 radical (unpaired) electrons. The number of nitrogens with zero attached hydrogens (tertiary/aromatic N) is 3. The molecule has 8 nitrogen and oxygen atoms in total. The topological polar surface area (TPSA) is 89.6 Å². The largest absolute Gasteiger partial charge is 0.476 e. The van der Waals surface area contributed by atoms with E-state index in [4.69, 9.17) is 13.6 Å². The summed E-state index contributed by atoms with van der Waals surface area (Å²) in [5, 5.41) is 0. The van der Waals surface area contributed by atoms with Crippen molar-refractivity contribution in [3.8, 4) is 0 Å². The van der Waals surface area contributed by atoms with Gasteiger partial charge < -0.3 is 9.88 Å². The van der Waals surface area contributed by atoms with Gasteiger partial charge in [-0.1, -0.05) is 0 Å². The van der Waals surface area contributed by atoms with Crippen LogP contribution in [0.5, 0.6) is 0 Å². The summed E-state index contributed by atoms with van der Waals surface area (Å²) in [7, 11) is -3.70. The van der Waals surface area contributed by atoms with Crippen LogP contribution < -0.4 is 4.90 Å². The number of pyridine rings is 1. The zero-order valence-electron chi connectivity index (χ0n) is 17.6. The molecule has 28 heavy (non-hydrogen) atoms. The molecule has 0 spiro atoms. The average Bonchev–Trinajstić information content (AvgIpc) is 2.99. The summed E-state index contributed by atoms with van der Waals surface area (Å²) in [6.45, 7) is 12.5. The lowest BCUT2D eigenvalue weighted by Crippen LogP contribution is -2.38. The first-order chi connectivity index (χ1) is 12.9. The Hall–Kier alpha value is -1.47. The van der Waals surface area contributed by atoms with Crippen LogP contribution in [0, 0.1) is 0 Å². The number of H-pyrrole nitrogens is 1. The van der Waals surface area contributed by atoms with E-state index in [2.05, 4.69) is 19.9 Å². The smallest absolute Gasteiger partial charge is 0.356 e. The number of imidazole rings is 1. The zero-order chi connectivity index (χ0) is 20.6. The Morgan fingerprint density at radius 1 is 1.07 bits per heavy atom. The summed E-state index contributed by atoms with van der Waals surface area (Å²) in [6.07, 6.45) is 2.88. The number of nitrogens with one attached hydrogen (secondary N) is 1. The molecule has 0 saturated carbocycles. The van der Waals surface area contributed by atoms with Crippen LogP contribution in [-0.4, -0.2) is 45.3 Å². The van der Waals surface area contributed by atoms with Gasteiger partial charge in [0, 0.05) is 13.1 Å². The summed E-state index contributed by atoms with van der Waals surface area (Å²) in [4.78, 5) is 14.0. The lowest BCUT2D eigenvalue weighted by molar-refractivity contribution is -0.0143. The SMILES string of the molecule is CC(C)(C)OP(=O)(OC1CCN(c2ccc3[nH]cnc3n2)CC1)OC(C)(C)C. The predicted octanol–water partition coefficient (Wildman–Crippen LogP) is 4.68. The van der Waals surface area contributed by atoms with Crippen molar-refractivity contribution in [1.82, 2.24) is 15.0 Å². The molecule has 3 rings (SSSR count). The summed E-state index contributed by atoms with van der Waals surface area (Å²) in [5.41, 5.74) is 0.355. The molecule has 0 aromatic carbocycles. The number of hydrogen-bond acceptors (Lipinski definition) is 7. The van der Waals surface area contributed by atoms with Crippen molar-refractivity contribution in [3.63, 3.8) is 0 Å². The van der Waals surface area contributed by atoms with E-state index in [1.54, 1.807) is 6.33 Å². The number of aromatic amines is 1. The minimum absolute atomic E-state index is 0.194. The molecule has 0 aliphatic carbocycles. The normalized spacial score (nSPS) is 17.4. The van der Waals surface area contributed by atoms with Gasteiger partial charge >= 0.3 is 7.82 Å². The van der Waals surface area contributed by atoms with Gasteiger partial charge in [0.25, 0.3) is 0 Å². The molecule has 3 heterocycles. The highest BCUT2D eigenvalue weighted by molar-refractivity contribution is 7.48. The van der Waals surface area contributed by atoms with E-state index in [-0.39, 0.29) is 6.10 Å². The molecule has 156 valence electrons. The van der Waals surface area contributed by atoms with Gasteiger partial charge in [-0.25, -0.2) is 14.5 Å². The quantitative estimate of drug-likeness (QED) is 0.716. The molecular formula is C19H31N4O4P. The Morgan fingerprint density at radius 3 is 2.25 bits per heavy atom. The highest BCUT2D eigenvalue weighted by Crippen LogP contribution is 2.57. The molecule has 9 heteroatoms. The van der Waals surface area contributed by atoms with Gasteiger partial charge in [-0.05, 0) is 66.5 Å². The van der Waals surface area contributed by atoms with E-state index >= 15 is 0 Å². The molecule has 0 bridgehead atoms. The van der Waals surface area contributed by atoms with Gasteiger partial charge in [-0.15, -0.1) is 0 Å². The molecule has 1 fully saturated rings. The second-order valence-corrected chi connectivity index (χ2v) is 10.6. The fraction of sp³-hybridized carbons (Fsp3) is 0.684. The lowest BCUT2D eigenvalue weighted by Gasteiger charge is -2.36. The van der Waals surface area contributed by atoms with Gasteiger partial charge in [0.2, 0.25) is 0 Å². The second kappa shape index (κ2) is 7.75. The third-order valence-corrected chi connectivity index (χ3v) is 6.18. The zero-order valence-corrected chi connectivity index (χ0v) is 18.5. The number of rotatable bonds is 5. The molecule has 0 atom stereocenters. The van der Waals surface area contributed by atoms with Crippen LogP contribution in [0.1, 0.15) is 54.4 Å². The van der Waals surface area contributed by atoms with Crippen molar-refractivity contribution in [3.05, 3.63) is 18.5 Å². The van der Waals surface area contributed by atoms with Crippen molar-refractivity contribution in [2.24, 2.45) is 0 Å². The maximum absolute atomic E-state index is 13.3. The highest BCUT2D eigenvalue weighted by atomic mass is 31.2. The van der Waals surface area contributed by atoms with Crippen LogP contribution in [0.25, 0.3) is 11.2 Å². The number of anilines is 1. The van der Waals surface area contributed by atoms with Crippen LogP contribution in [0.3, 0.4) is 0 Å². The number of phosphoric acid groups is 1. The molecular weight excluding hydrogens is 379 g/mol. The van der Waals surface area contributed by atoms with Crippen LogP contribution in [0.2, 0.25) is 0 Å². The Balaban J connectivity index is 1.64. The van der Waals surface area contributed by atoms with Gasteiger partial charge in [-0.3, -0.25) is 13.6 Å². The molecule has 1 N–H and O–H groups in total. The molecule has 1 saturated heterocycles. The van der Waals surface area contributed by atoms with Crippen LogP contribution >= 0.6 is 7.82 Å². The Bertz CT molecular complexity index is 827. The molecule has 0 amide bonds. The molecule has 0 unspecified atom stereocenters. The van der Waals surface area contributed by atoms with Crippen molar-refractivity contribution in [1.29, 1.82) is 0 Å². The van der Waals surface area contributed by atoms with E-state index in [1.165, 1.54) is 0 Å². The third kappa shape index (κ3) is 5.77. The monoisotopic (exact) mass is 410 g/mol. The van der Waals surface area contributed by atoms with E-state index in [9.17, 15) is 4.57 Å². The number of piperidine rings is 1. The van der Waals surface area contributed by atoms with E-state index in [0.717, 1.165) is 24.4 Å². The van der Waals surface area contributed by atoms with Crippen molar-refractivity contribution in [2.75, 3.05) is 18.0 Å². The number of phosphoric ester groups is 1. The Kier molecular flexibility index (Phi) is 5.88. The van der Waals surface area contributed by atoms with Crippen molar-refractivity contribution >= 4 is 24.8 Å². The summed E-state index contributed by atoms with van der Waals surface area (Å²) in [6, 6.07) is 3.97. The van der Waals surface area contributed by atoms with Crippen molar-refractivity contribution in [2.45, 2.75) is 71.7 Å². The first-order valence-corrected chi connectivity index (χ1v) is 11.1. The second-order valence-electron chi connectivity index (χ2n) is 9.09. The summed E-state index contributed by atoms with van der Waals surface area (Å²) >= 11 is 0. The fourth-order valence-electron chi connectivity index (χ4n) is 3.09. The third-order valence-electron chi connectivity index (χ3n) is 4.08. The fourth-order valence-corrected chi connectivity index (χ4v) is 5.13. The van der Waals surface area contributed by atoms with Crippen molar-refractivity contribution < 1.29 is 18.1 Å². The van der Waals surface area contributed by atoms with Crippen LogP contribution in [0.15, 0.2) is 18.5 Å². The maximum Gasteiger partial charge on any atom is 0.476 e. The minimum atomic E-state index is -3.70. The Labute approximate surface area is 166 Å². The first kappa shape index (κ1) is 21.2. The van der Waals surface area contributed by atoms with E-state index < -0.39 is 19.0 Å². The molecule has 1 aliphatic heterocycles. The van der Waals surface area contributed by atoms with Gasteiger partial charge in [0.15, 0.2) is 5.65 Å². The number of hydrogen-bond donors (Lipinski definition) is 1. The van der Waals surface area contributed by atoms with Gasteiger partial charge in [-0.2, -0.15) is 0 Å². The average molecular weight is 410 g/mol.